The van der Waals surface area contributed by atoms with Crippen LogP contribution in [0.3, 0.4) is 0 Å². The van der Waals surface area contributed by atoms with E-state index in [0.717, 1.165) is 16.2 Å². The third-order valence-electron chi connectivity index (χ3n) is 4.31. The summed E-state index contributed by atoms with van der Waals surface area (Å²) in [7, 11) is -0.325. The van der Waals surface area contributed by atoms with E-state index in [-0.39, 0.29) is 18.3 Å². The molecule has 0 unspecified atom stereocenters. The van der Waals surface area contributed by atoms with Crippen molar-refractivity contribution in [2.24, 2.45) is 0 Å². The van der Waals surface area contributed by atoms with Crippen LogP contribution in [-0.4, -0.2) is 18.3 Å². The van der Waals surface area contributed by atoms with Crippen LogP contribution in [-0.2, 0) is 9.31 Å². The lowest BCUT2D eigenvalue weighted by Gasteiger charge is -2.32. The topological polar surface area (TPSA) is 30.5 Å². The Morgan fingerprint density at radius 3 is 2.27 bits per heavy atom. The van der Waals surface area contributed by atoms with Crippen molar-refractivity contribution in [2.45, 2.75) is 38.9 Å². The van der Waals surface area contributed by atoms with Crippen LogP contribution < -0.4 is 10.1 Å². The average Bonchev–Trinajstić information content (AvgIpc) is 2.95. The van der Waals surface area contributed by atoms with Crippen molar-refractivity contribution in [1.82, 2.24) is 0 Å². The lowest BCUT2D eigenvalue weighted by atomic mass is 9.86. The molecular formula is C16H19BINO2S. The molecule has 116 valence electrons. The summed E-state index contributed by atoms with van der Waals surface area (Å²) in [5, 5.41) is 5.56. The minimum atomic E-state index is -0.325. The van der Waals surface area contributed by atoms with Crippen molar-refractivity contribution in [3.63, 3.8) is 0 Å². The van der Waals surface area contributed by atoms with Gasteiger partial charge in [0.05, 0.1) is 21.7 Å². The van der Waals surface area contributed by atoms with Gasteiger partial charge in [-0.25, -0.2) is 0 Å². The van der Waals surface area contributed by atoms with Gasteiger partial charge in [0, 0.05) is 9.26 Å². The fraction of sp³-hybridized carbons (Fsp3) is 0.375. The summed E-state index contributed by atoms with van der Waals surface area (Å²) >= 11 is 3.99. The Morgan fingerprint density at radius 2 is 1.64 bits per heavy atom. The summed E-state index contributed by atoms with van der Waals surface area (Å²) in [5.41, 5.74) is 1.51. The summed E-state index contributed by atoms with van der Waals surface area (Å²) in [6, 6.07) is 10.3. The lowest BCUT2D eigenvalue weighted by molar-refractivity contribution is 0.00578. The molecule has 22 heavy (non-hydrogen) atoms. The normalized spacial score (nSPS) is 19.4. The molecule has 6 heteroatoms. The number of para-hydroxylation sites is 1. The number of nitrogens with one attached hydrogen (secondary N) is 1. The van der Waals surface area contributed by atoms with Gasteiger partial charge in [0.25, 0.3) is 0 Å². The zero-order valence-corrected chi connectivity index (χ0v) is 16.1. The third kappa shape index (κ3) is 2.94. The number of hydrogen-bond acceptors (Lipinski definition) is 4. The highest BCUT2D eigenvalue weighted by Crippen LogP contribution is 2.37. The molecule has 2 aromatic rings. The van der Waals surface area contributed by atoms with Gasteiger partial charge in [-0.3, -0.25) is 0 Å². The first-order chi connectivity index (χ1) is 10.3. The molecule has 0 radical (unpaired) electrons. The molecule has 1 aromatic heterocycles. The van der Waals surface area contributed by atoms with Crippen LogP contribution in [0.4, 0.5) is 11.4 Å². The Labute approximate surface area is 149 Å². The van der Waals surface area contributed by atoms with Crippen molar-refractivity contribution < 1.29 is 9.31 Å². The van der Waals surface area contributed by atoms with Gasteiger partial charge in [0.15, 0.2) is 0 Å². The van der Waals surface area contributed by atoms with E-state index in [0.29, 0.717) is 0 Å². The second kappa shape index (κ2) is 5.81. The van der Waals surface area contributed by atoms with E-state index >= 15 is 0 Å². The molecule has 3 rings (SSSR count). The first kappa shape index (κ1) is 16.3. The van der Waals surface area contributed by atoms with E-state index in [1.54, 1.807) is 11.3 Å². The SMILES string of the molecule is CC1(C)OB(c2sccc2Nc2ccccc2I)OC1(C)C. The van der Waals surface area contributed by atoms with Crippen molar-refractivity contribution in [2.75, 3.05) is 5.32 Å². The van der Waals surface area contributed by atoms with Crippen molar-refractivity contribution in [1.29, 1.82) is 0 Å². The molecule has 1 aliphatic heterocycles. The fourth-order valence-electron chi connectivity index (χ4n) is 2.26. The van der Waals surface area contributed by atoms with Crippen molar-refractivity contribution in [3.05, 3.63) is 39.3 Å². The van der Waals surface area contributed by atoms with Crippen LogP contribution in [0, 0.1) is 3.57 Å². The van der Waals surface area contributed by atoms with Crippen LogP contribution >= 0.6 is 33.9 Å². The smallest absolute Gasteiger partial charge is 0.399 e. The quantitative estimate of drug-likeness (QED) is 0.583. The molecule has 1 aromatic carbocycles. The van der Waals surface area contributed by atoms with Crippen LogP contribution in [0.5, 0.6) is 0 Å². The summed E-state index contributed by atoms with van der Waals surface area (Å²) in [6.45, 7) is 8.31. The van der Waals surface area contributed by atoms with Gasteiger partial charge in [-0.1, -0.05) is 12.1 Å². The highest BCUT2D eigenvalue weighted by molar-refractivity contribution is 14.1. The van der Waals surface area contributed by atoms with Crippen molar-refractivity contribution in [3.8, 4) is 0 Å². The third-order valence-corrected chi connectivity index (χ3v) is 6.18. The molecule has 0 amide bonds. The van der Waals surface area contributed by atoms with E-state index in [4.69, 9.17) is 9.31 Å². The minimum Gasteiger partial charge on any atom is -0.399 e. The number of thiophene rings is 1. The maximum atomic E-state index is 6.16. The predicted molar refractivity (Wildman–Crippen MR) is 102 cm³/mol. The molecule has 0 bridgehead atoms. The zero-order valence-electron chi connectivity index (χ0n) is 13.1. The second-order valence-electron chi connectivity index (χ2n) is 6.39. The van der Waals surface area contributed by atoms with E-state index in [9.17, 15) is 0 Å². The molecule has 1 N–H and O–H groups in total. The highest BCUT2D eigenvalue weighted by Gasteiger charge is 2.52. The molecule has 2 heterocycles. The molecule has 0 spiro atoms. The number of benzene rings is 1. The molecule has 1 saturated heterocycles. The molecule has 0 atom stereocenters. The Kier molecular flexibility index (Phi) is 4.31. The first-order valence-electron chi connectivity index (χ1n) is 7.25. The number of hydrogen-bond donors (Lipinski definition) is 1. The van der Waals surface area contributed by atoms with Crippen molar-refractivity contribution >= 4 is 57.2 Å². The maximum absolute atomic E-state index is 6.16. The lowest BCUT2D eigenvalue weighted by Crippen LogP contribution is -2.41. The van der Waals surface area contributed by atoms with E-state index < -0.39 is 0 Å². The van der Waals surface area contributed by atoms with Gasteiger partial charge >= 0.3 is 7.12 Å². The molecule has 3 nitrogen and oxygen atoms in total. The Bertz CT molecular complexity index is 670. The standard InChI is InChI=1S/C16H19BINO2S/c1-15(2)16(3,4)21-17(20-15)14-13(9-10-22-14)19-12-8-6-5-7-11(12)18/h5-10,19H,1-4H3. The number of rotatable bonds is 3. The summed E-state index contributed by atoms with van der Waals surface area (Å²) in [6.07, 6.45) is 0. The summed E-state index contributed by atoms with van der Waals surface area (Å²) < 4.78 is 14.6. The van der Waals surface area contributed by atoms with E-state index in [2.05, 4.69) is 79.2 Å². The first-order valence-corrected chi connectivity index (χ1v) is 9.20. The van der Waals surface area contributed by atoms with Gasteiger partial charge in [-0.2, -0.15) is 11.3 Å². The van der Waals surface area contributed by atoms with Crippen LogP contribution in [0.1, 0.15) is 27.7 Å². The summed E-state index contributed by atoms with van der Waals surface area (Å²) in [5.74, 6) is 0. The number of halogens is 1. The molecule has 1 fully saturated rings. The maximum Gasteiger partial charge on any atom is 0.507 e. The van der Waals surface area contributed by atoms with Gasteiger partial charge < -0.3 is 14.6 Å². The zero-order chi connectivity index (χ0) is 16.0. The van der Waals surface area contributed by atoms with Gasteiger partial charge in [0.1, 0.15) is 0 Å². The van der Waals surface area contributed by atoms with Crippen LogP contribution in [0.15, 0.2) is 35.7 Å². The minimum absolute atomic E-state index is 0.319. The van der Waals surface area contributed by atoms with Gasteiger partial charge in [0.2, 0.25) is 0 Å². The van der Waals surface area contributed by atoms with Gasteiger partial charge in [-0.15, -0.1) is 0 Å². The highest BCUT2D eigenvalue weighted by atomic mass is 127. The van der Waals surface area contributed by atoms with Gasteiger partial charge in [-0.05, 0) is 73.9 Å². The van der Waals surface area contributed by atoms with Crippen LogP contribution in [0.25, 0.3) is 0 Å². The largest absolute Gasteiger partial charge is 0.507 e. The molecule has 0 aliphatic carbocycles. The fourth-order valence-corrected chi connectivity index (χ4v) is 3.59. The summed E-state index contributed by atoms with van der Waals surface area (Å²) in [4.78, 5) is 0. The van der Waals surface area contributed by atoms with Crippen LogP contribution in [0.2, 0.25) is 0 Å². The molecule has 1 aliphatic rings. The average molecular weight is 427 g/mol. The Balaban J connectivity index is 1.86. The molecular weight excluding hydrogens is 408 g/mol. The monoisotopic (exact) mass is 427 g/mol. The molecule has 0 saturated carbocycles. The number of anilines is 2. The second-order valence-corrected chi connectivity index (χ2v) is 8.50. The Hall–Kier alpha value is -0.565. The predicted octanol–water partition coefficient (Wildman–Crippen LogP) is 4.40. The Morgan fingerprint density at radius 1 is 1.00 bits per heavy atom. The van der Waals surface area contributed by atoms with E-state index in [1.165, 1.54) is 3.57 Å². The van der Waals surface area contributed by atoms with E-state index in [1.807, 2.05) is 12.1 Å².